The highest BCUT2D eigenvalue weighted by Crippen LogP contribution is 2.20. The Hall–Kier alpha value is -2.85. The SMILES string of the molecule is COc1ccccc1CNCc1ccccc1OCc1ccccn1. The summed E-state index contributed by atoms with van der Waals surface area (Å²) in [5, 5.41) is 3.46. The molecule has 3 rings (SSSR count). The molecule has 4 nitrogen and oxygen atoms in total. The number of ether oxygens (including phenoxy) is 2. The van der Waals surface area contributed by atoms with E-state index in [9.17, 15) is 0 Å². The Balaban J connectivity index is 1.59. The predicted molar refractivity (Wildman–Crippen MR) is 98.5 cm³/mol. The Morgan fingerprint density at radius 2 is 1.44 bits per heavy atom. The summed E-state index contributed by atoms with van der Waals surface area (Å²) in [5.41, 5.74) is 3.17. The van der Waals surface area contributed by atoms with Gasteiger partial charge in [0.25, 0.3) is 0 Å². The average Bonchev–Trinajstić information content (AvgIpc) is 2.68. The summed E-state index contributed by atoms with van der Waals surface area (Å²) in [5.74, 6) is 1.77. The first-order chi connectivity index (χ1) is 12.4. The topological polar surface area (TPSA) is 43.4 Å². The van der Waals surface area contributed by atoms with Gasteiger partial charge in [0.05, 0.1) is 12.8 Å². The molecule has 0 aliphatic rings. The quantitative estimate of drug-likeness (QED) is 0.677. The number of methoxy groups -OCH3 is 1. The predicted octanol–water partition coefficient (Wildman–Crippen LogP) is 3.96. The Labute approximate surface area is 148 Å². The first-order valence-electron chi connectivity index (χ1n) is 8.30. The smallest absolute Gasteiger partial charge is 0.130 e. The van der Waals surface area contributed by atoms with Crippen molar-refractivity contribution in [3.05, 3.63) is 89.7 Å². The van der Waals surface area contributed by atoms with Crippen LogP contribution in [0.5, 0.6) is 11.5 Å². The van der Waals surface area contributed by atoms with Crippen molar-refractivity contribution < 1.29 is 9.47 Å². The fraction of sp³-hybridized carbons (Fsp3) is 0.190. The van der Waals surface area contributed by atoms with Crippen LogP contribution >= 0.6 is 0 Å². The number of hydrogen-bond donors (Lipinski definition) is 1. The second kappa shape index (κ2) is 8.85. The fourth-order valence-electron chi connectivity index (χ4n) is 2.61. The minimum absolute atomic E-state index is 0.463. The maximum atomic E-state index is 5.94. The van der Waals surface area contributed by atoms with Gasteiger partial charge in [-0.15, -0.1) is 0 Å². The van der Waals surface area contributed by atoms with Gasteiger partial charge in [0.15, 0.2) is 0 Å². The lowest BCUT2D eigenvalue weighted by Crippen LogP contribution is -2.14. The number of nitrogens with one attached hydrogen (secondary N) is 1. The van der Waals surface area contributed by atoms with Gasteiger partial charge in [-0.05, 0) is 24.3 Å². The third-order valence-electron chi connectivity index (χ3n) is 3.90. The summed E-state index contributed by atoms with van der Waals surface area (Å²) in [4.78, 5) is 4.29. The zero-order valence-corrected chi connectivity index (χ0v) is 14.3. The van der Waals surface area contributed by atoms with E-state index < -0.39 is 0 Å². The first-order valence-corrected chi connectivity index (χ1v) is 8.30. The molecule has 0 saturated carbocycles. The molecule has 0 unspecified atom stereocenters. The van der Waals surface area contributed by atoms with Crippen LogP contribution in [0.3, 0.4) is 0 Å². The van der Waals surface area contributed by atoms with Gasteiger partial charge in [-0.1, -0.05) is 42.5 Å². The van der Waals surface area contributed by atoms with Crippen LogP contribution < -0.4 is 14.8 Å². The standard InChI is InChI=1S/C21H22N2O2/c1-24-20-11-4-2-8-17(20)14-22-15-18-9-3-5-12-21(18)25-16-19-10-6-7-13-23-19/h2-13,22H,14-16H2,1H3. The van der Waals surface area contributed by atoms with E-state index in [0.29, 0.717) is 6.61 Å². The lowest BCUT2D eigenvalue weighted by Gasteiger charge is -2.13. The summed E-state index contributed by atoms with van der Waals surface area (Å²) < 4.78 is 11.3. The van der Waals surface area contributed by atoms with Crippen LogP contribution in [0.4, 0.5) is 0 Å². The molecule has 0 fully saturated rings. The maximum Gasteiger partial charge on any atom is 0.130 e. The van der Waals surface area contributed by atoms with Gasteiger partial charge in [-0.25, -0.2) is 0 Å². The van der Waals surface area contributed by atoms with Crippen molar-refractivity contribution in [2.75, 3.05) is 7.11 Å². The third kappa shape index (κ3) is 4.81. The van der Waals surface area contributed by atoms with E-state index in [2.05, 4.69) is 22.4 Å². The number of nitrogens with zero attached hydrogens (tertiary/aromatic N) is 1. The van der Waals surface area contributed by atoms with E-state index in [1.807, 2.05) is 54.6 Å². The number of rotatable bonds is 8. The summed E-state index contributed by atoms with van der Waals surface area (Å²) >= 11 is 0. The molecule has 4 heteroatoms. The van der Waals surface area contributed by atoms with Crippen LogP contribution in [0.2, 0.25) is 0 Å². The van der Waals surface area contributed by atoms with Crippen molar-refractivity contribution in [1.82, 2.24) is 10.3 Å². The van der Waals surface area contributed by atoms with E-state index in [1.54, 1.807) is 13.3 Å². The first kappa shape index (κ1) is 17.0. The lowest BCUT2D eigenvalue weighted by molar-refractivity contribution is 0.297. The van der Waals surface area contributed by atoms with Crippen LogP contribution in [-0.2, 0) is 19.7 Å². The van der Waals surface area contributed by atoms with Crippen molar-refractivity contribution in [2.45, 2.75) is 19.7 Å². The van der Waals surface area contributed by atoms with Crippen LogP contribution in [0.25, 0.3) is 0 Å². The largest absolute Gasteiger partial charge is 0.496 e. The van der Waals surface area contributed by atoms with Crippen molar-refractivity contribution in [2.24, 2.45) is 0 Å². The van der Waals surface area contributed by atoms with Gasteiger partial charge >= 0.3 is 0 Å². The van der Waals surface area contributed by atoms with Gasteiger partial charge in [-0.3, -0.25) is 4.98 Å². The molecule has 128 valence electrons. The second-order valence-electron chi connectivity index (χ2n) is 5.63. The maximum absolute atomic E-state index is 5.94. The number of benzene rings is 2. The van der Waals surface area contributed by atoms with Gasteiger partial charge in [0.1, 0.15) is 18.1 Å². The molecule has 0 saturated heterocycles. The molecule has 0 radical (unpaired) electrons. The molecule has 1 aromatic heterocycles. The normalized spacial score (nSPS) is 10.4. The average molecular weight is 334 g/mol. The van der Waals surface area contributed by atoms with Crippen molar-refractivity contribution in [1.29, 1.82) is 0 Å². The van der Waals surface area contributed by atoms with E-state index in [-0.39, 0.29) is 0 Å². The van der Waals surface area contributed by atoms with Crippen molar-refractivity contribution in [3.8, 4) is 11.5 Å². The Kier molecular flexibility index (Phi) is 6.01. The summed E-state index contributed by atoms with van der Waals surface area (Å²) in [6.07, 6.45) is 1.78. The molecule has 0 spiro atoms. The summed E-state index contributed by atoms with van der Waals surface area (Å²) in [6.45, 7) is 1.92. The molecule has 3 aromatic rings. The van der Waals surface area contributed by atoms with Crippen LogP contribution in [0, 0.1) is 0 Å². The van der Waals surface area contributed by atoms with Crippen molar-refractivity contribution in [3.63, 3.8) is 0 Å². The Bertz CT molecular complexity index is 791. The number of pyridine rings is 1. The molecule has 0 aliphatic carbocycles. The van der Waals surface area contributed by atoms with Gasteiger partial charge in [0.2, 0.25) is 0 Å². The minimum atomic E-state index is 0.463. The number of hydrogen-bond acceptors (Lipinski definition) is 4. The highest BCUT2D eigenvalue weighted by Gasteiger charge is 2.05. The fourth-order valence-corrected chi connectivity index (χ4v) is 2.61. The molecule has 0 bridgehead atoms. The molecule has 1 heterocycles. The Morgan fingerprint density at radius 1 is 0.800 bits per heavy atom. The zero-order valence-electron chi connectivity index (χ0n) is 14.3. The van der Waals surface area contributed by atoms with Crippen LogP contribution in [0.1, 0.15) is 16.8 Å². The van der Waals surface area contributed by atoms with Gasteiger partial charge < -0.3 is 14.8 Å². The third-order valence-corrected chi connectivity index (χ3v) is 3.90. The van der Waals surface area contributed by atoms with E-state index in [1.165, 1.54) is 0 Å². The molecule has 0 atom stereocenters. The molecular weight excluding hydrogens is 312 g/mol. The lowest BCUT2D eigenvalue weighted by atomic mass is 10.1. The molecule has 2 aromatic carbocycles. The highest BCUT2D eigenvalue weighted by molar-refractivity contribution is 5.35. The molecular formula is C21H22N2O2. The van der Waals surface area contributed by atoms with E-state index in [4.69, 9.17) is 9.47 Å². The van der Waals surface area contributed by atoms with E-state index in [0.717, 1.165) is 41.4 Å². The molecule has 0 amide bonds. The van der Waals surface area contributed by atoms with E-state index >= 15 is 0 Å². The van der Waals surface area contributed by atoms with Gasteiger partial charge in [-0.2, -0.15) is 0 Å². The minimum Gasteiger partial charge on any atom is -0.496 e. The monoisotopic (exact) mass is 334 g/mol. The molecule has 25 heavy (non-hydrogen) atoms. The summed E-state index contributed by atoms with van der Waals surface area (Å²) in [6, 6.07) is 21.9. The molecule has 1 N–H and O–H groups in total. The number of aromatic nitrogens is 1. The Morgan fingerprint density at radius 3 is 2.12 bits per heavy atom. The molecule has 0 aliphatic heterocycles. The van der Waals surface area contributed by atoms with Crippen LogP contribution in [0.15, 0.2) is 72.9 Å². The van der Waals surface area contributed by atoms with Gasteiger partial charge in [0, 0.05) is 30.4 Å². The van der Waals surface area contributed by atoms with Crippen LogP contribution in [-0.4, -0.2) is 12.1 Å². The number of para-hydroxylation sites is 2. The highest BCUT2D eigenvalue weighted by atomic mass is 16.5. The second-order valence-corrected chi connectivity index (χ2v) is 5.63. The zero-order chi connectivity index (χ0) is 17.3. The summed E-state index contributed by atoms with van der Waals surface area (Å²) in [7, 11) is 1.69. The van der Waals surface area contributed by atoms with Crippen molar-refractivity contribution >= 4 is 0 Å².